The van der Waals surface area contributed by atoms with E-state index in [1.165, 1.54) is 7.11 Å². The normalized spacial score (nSPS) is 12.3. The van der Waals surface area contributed by atoms with Gasteiger partial charge in [-0.25, -0.2) is 9.78 Å². The van der Waals surface area contributed by atoms with Crippen molar-refractivity contribution >= 4 is 17.0 Å². The van der Waals surface area contributed by atoms with Crippen molar-refractivity contribution in [2.45, 2.75) is 20.0 Å². The number of aryl methyl sites for hydroxylation is 1. The van der Waals surface area contributed by atoms with Crippen LogP contribution in [0, 0.1) is 6.92 Å². The Hall–Kier alpha value is -2.66. The number of aromatic amines is 1. The second-order valence-corrected chi connectivity index (χ2v) is 5.52. The third kappa shape index (κ3) is 2.83. The Morgan fingerprint density at radius 1 is 1.26 bits per heavy atom. The SMILES string of the molecule is COC(=O)c1ccc(C(C)O)c(-c2ccc3nc(C)[nH]c3c2)c1. The summed E-state index contributed by atoms with van der Waals surface area (Å²) in [6.45, 7) is 3.61. The number of aromatic nitrogens is 2. The van der Waals surface area contributed by atoms with E-state index in [1.807, 2.05) is 25.1 Å². The first-order chi connectivity index (χ1) is 11.0. The summed E-state index contributed by atoms with van der Waals surface area (Å²) in [6.07, 6.45) is -0.643. The highest BCUT2D eigenvalue weighted by atomic mass is 16.5. The van der Waals surface area contributed by atoms with Crippen LogP contribution in [0.25, 0.3) is 22.2 Å². The number of benzene rings is 2. The molecule has 2 aromatic carbocycles. The van der Waals surface area contributed by atoms with Gasteiger partial charge in [-0.05, 0) is 54.8 Å². The van der Waals surface area contributed by atoms with Crippen molar-refractivity contribution in [2.24, 2.45) is 0 Å². The summed E-state index contributed by atoms with van der Waals surface area (Å²) >= 11 is 0. The van der Waals surface area contributed by atoms with E-state index in [4.69, 9.17) is 4.74 Å². The molecule has 5 heteroatoms. The zero-order chi connectivity index (χ0) is 16.6. The van der Waals surface area contributed by atoms with E-state index >= 15 is 0 Å². The Bertz CT molecular complexity index is 881. The number of esters is 1. The molecular formula is C18H18N2O3. The summed E-state index contributed by atoms with van der Waals surface area (Å²) < 4.78 is 4.78. The molecule has 0 aliphatic carbocycles. The van der Waals surface area contributed by atoms with Crippen LogP contribution in [-0.4, -0.2) is 28.2 Å². The van der Waals surface area contributed by atoms with Gasteiger partial charge < -0.3 is 14.8 Å². The maximum absolute atomic E-state index is 11.8. The molecule has 0 aliphatic heterocycles. The highest BCUT2D eigenvalue weighted by Crippen LogP contribution is 2.31. The first kappa shape index (κ1) is 15.2. The fourth-order valence-electron chi connectivity index (χ4n) is 2.72. The van der Waals surface area contributed by atoms with E-state index in [1.54, 1.807) is 25.1 Å². The van der Waals surface area contributed by atoms with Gasteiger partial charge in [0.15, 0.2) is 0 Å². The zero-order valence-corrected chi connectivity index (χ0v) is 13.3. The predicted molar refractivity (Wildman–Crippen MR) is 88.2 cm³/mol. The van der Waals surface area contributed by atoms with E-state index in [0.717, 1.165) is 33.5 Å². The molecule has 3 rings (SSSR count). The number of hydrogen-bond acceptors (Lipinski definition) is 4. The van der Waals surface area contributed by atoms with Crippen LogP contribution in [0.1, 0.15) is 34.8 Å². The lowest BCUT2D eigenvalue weighted by molar-refractivity contribution is 0.0600. The van der Waals surface area contributed by atoms with Gasteiger partial charge in [0.05, 0.1) is 29.8 Å². The first-order valence-corrected chi connectivity index (χ1v) is 7.36. The summed E-state index contributed by atoms with van der Waals surface area (Å²) in [5.41, 5.74) is 4.72. The van der Waals surface area contributed by atoms with Crippen LogP contribution in [0.4, 0.5) is 0 Å². The van der Waals surface area contributed by atoms with E-state index in [9.17, 15) is 9.90 Å². The van der Waals surface area contributed by atoms with Gasteiger partial charge in [-0.2, -0.15) is 0 Å². The fourth-order valence-corrected chi connectivity index (χ4v) is 2.72. The maximum Gasteiger partial charge on any atom is 0.337 e. The molecule has 2 N–H and O–H groups in total. The van der Waals surface area contributed by atoms with Crippen molar-refractivity contribution in [3.63, 3.8) is 0 Å². The molecular weight excluding hydrogens is 292 g/mol. The van der Waals surface area contributed by atoms with Crippen molar-refractivity contribution in [2.75, 3.05) is 7.11 Å². The molecule has 5 nitrogen and oxygen atoms in total. The van der Waals surface area contributed by atoms with Crippen LogP contribution in [0.2, 0.25) is 0 Å². The number of rotatable bonds is 3. The summed E-state index contributed by atoms with van der Waals surface area (Å²) in [5, 5.41) is 10.0. The fraction of sp³-hybridized carbons (Fsp3) is 0.222. The Morgan fingerprint density at radius 2 is 2.04 bits per heavy atom. The number of imidazole rings is 1. The van der Waals surface area contributed by atoms with Crippen LogP contribution in [0.15, 0.2) is 36.4 Å². The minimum Gasteiger partial charge on any atom is -0.465 e. The van der Waals surface area contributed by atoms with Crippen molar-refractivity contribution in [1.29, 1.82) is 0 Å². The van der Waals surface area contributed by atoms with Crippen LogP contribution in [0.3, 0.4) is 0 Å². The molecule has 1 atom stereocenters. The lowest BCUT2D eigenvalue weighted by atomic mass is 9.94. The highest BCUT2D eigenvalue weighted by Gasteiger charge is 2.15. The second-order valence-electron chi connectivity index (χ2n) is 5.52. The molecule has 0 amide bonds. The van der Waals surface area contributed by atoms with E-state index in [0.29, 0.717) is 5.56 Å². The average Bonchev–Trinajstić information content (AvgIpc) is 2.92. The van der Waals surface area contributed by atoms with Crippen LogP contribution in [0.5, 0.6) is 0 Å². The quantitative estimate of drug-likeness (QED) is 0.727. The maximum atomic E-state index is 11.8. The monoisotopic (exact) mass is 310 g/mol. The summed E-state index contributed by atoms with van der Waals surface area (Å²) in [4.78, 5) is 19.4. The number of nitrogens with zero attached hydrogens (tertiary/aromatic N) is 1. The Labute approximate surface area is 133 Å². The molecule has 0 saturated heterocycles. The summed E-state index contributed by atoms with van der Waals surface area (Å²) in [5.74, 6) is 0.443. The standard InChI is InChI=1S/C18H18N2O3/c1-10(21)14-6-4-13(18(22)23-3)8-15(14)12-5-7-16-17(9-12)20-11(2)19-16/h4-10,21H,1-3H3,(H,19,20). The van der Waals surface area contributed by atoms with Crippen LogP contribution < -0.4 is 0 Å². The molecule has 1 unspecified atom stereocenters. The zero-order valence-electron chi connectivity index (χ0n) is 13.3. The van der Waals surface area contributed by atoms with E-state index < -0.39 is 12.1 Å². The smallest absolute Gasteiger partial charge is 0.337 e. The number of fused-ring (bicyclic) bond motifs is 1. The molecule has 3 aromatic rings. The third-order valence-electron chi connectivity index (χ3n) is 3.84. The number of ether oxygens (including phenoxy) is 1. The number of H-pyrrole nitrogens is 1. The summed E-state index contributed by atoms with van der Waals surface area (Å²) in [7, 11) is 1.35. The minimum absolute atomic E-state index is 0.401. The van der Waals surface area contributed by atoms with Crippen molar-refractivity contribution in [1.82, 2.24) is 9.97 Å². The van der Waals surface area contributed by atoms with Gasteiger partial charge in [0.1, 0.15) is 5.82 Å². The second kappa shape index (κ2) is 5.85. The number of aliphatic hydroxyl groups excluding tert-OH is 1. The van der Waals surface area contributed by atoms with Crippen molar-refractivity contribution in [3.8, 4) is 11.1 Å². The Balaban J connectivity index is 2.19. The molecule has 0 aliphatic rings. The van der Waals surface area contributed by atoms with Gasteiger partial charge in [-0.1, -0.05) is 12.1 Å². The Morgan fingerprint density at radius 3 is 2.74 bits per heavy atom. The third-order valence-corrected chi connectivity index (χ3v) is 3.84. The van der Waals surface area contributed by atoms with Crippen LogP contribution in [-0.2, 0) is 4.74 Å². The van der Waals surface area contributed by atoms with E-state index in [-0.39, 0.29) is 0 Å². The number of carbonyl (C=O) groups excluding carboxylic acids is 1. The predicted octanol–water partition coefficient (Wildman–Crippen LogP) is 3.38. The van der Waals surface area contributed by atoms with Crippen molar-refractivity contribution in [3.05, 3.63) is 53.3 Å². The van der Waals surface area contributed by atoms with Gasteiger partial charge in [-0.15, -0.1) is 0 Å². The lowest BCUT2D eigenvalue weighted by Crippen LogP contribution is -2.03. The molecule has 0 radical (unpaired) electrons. The molecule has 0 spiro atoms. The molecule has 1 aromatic heterocycles. The van der Waals surface area contributed by atoms with Crippen molar-refractivity contribution < 1.29 is 14.6 Å². The number of methoxy groups -OCH3 is 1. The average molecular weight is 310 g/mol. The highest BCUT2D eigenvalue weighted by molar-refractivity contribution is 5.92. The van der Waals surface area contributed by atoms with E-state index in [2.05, 4.69) is 9.97 Å². The molecule has 118 valence electrons. The lowest BCUT2D eigenvalue weighted by Gasteiger charge is -2.14. The molecule has 0 saturated carbocycles. The van der Waals surface area contributed by atoms with Gasteiger partial charge in [0.2, 0.25) is 0 Å². The van der Waals surface area contributed by atoms with Gasteiger partial charge in [0, 0.05) is 0 Å². The number of aliphatic hydroxyl groups is 1. The number of nitrogens with one attached hydrogen (secondary N) is 1. The van der Waals surface area contributed by atoms with Gasteiger partial charge in [0.25, 0.3) is 0 Å². The minimum atomic E-state index is -0.643. The Kier molecular flexibility index (Phi) is 3.88. The molecule has 23 heavy (non-hydrogen) atoms. The number of carbonyl (C=O) groups is 1. The van der Waals surface area contributed by atoms with Gasteiger partial charge in [-0.3, -0.25) is 0 Å². The topological polar surface area (TPSA) is 75.2 Å². The molecule has 0 bridgehead atoms. The molecule has 0 fully saturated rings. The van der Waals surface area contributed by atoms with Crippen LogP contribution >= 0.6 is 0 Å². The largest absolute Gasteiger partial charge is 0.465 e. The number of hydrogen-bond donors (Lipinski definition) is 2. The first-order valence-electron chi connectivity index (χ1n) is 7.36. The van der Waals surface area contributed by atoms with Gasteiger partial charge >= 0.3 is 5.97 Å². The molecule has 1 heterocycles. The summed E-state index contributed by atoms with van der Waals surface area (Å²) in [6, 6.07) is 11.0.